The minimum absolute atomic E-state index is 0.0367. The molecule has 0 unspecified atom stereocenters. The number of nitrogens with one attached hydrogen (secondary N) is 2. The van der Waals surface area contributed by atoms with E-state index in [-0.39, 0.29) is 11.8 Å². The predicted molar refractivity (Wildman–Crippen MR) is 115 cm³/mol. The highest BCUT2D eigenvalue weighted by Crippen LogP contribution is 2.38. The summed E-state index contributed by atoms with van der Waals surface area (Å²) in [5.74, 6) is 0.717. The number of thiophene rings is 1. The second kappa shape index (κ2) is 8.08. The summed E-state index contributed by atoms with van der Waals surface area (Å²) in [4.78, 5) is 27.0. The van der Waals surface area contributed by atoms with Crippen LogP contribution in [0.5, 0.6) is 5.75 Å². The SMILES string of the molecule is CCOc1cc(-c2ccccc2)sc1C(=O)Nc1ccc2c(c1)NC(=O)CS2. The largest absolute Gasteiger partial charge is 0.492 e. The molecule has 0 bridgehead atoms. The van der Waals surface area contributed by atoms with Crippen LogP contribution in [0.25, 0.3) is 10.4 Å². The van der Waals surface area contributed by atoms with E-state index in [1.807, 2.05) is 55.5 Å². The minimum Gasteiger partial charge on any atom is -0.492 e. The zero-order valence-corrected chi connectivity index (χ0v) is 16.8. The number of benzene rings is 2. The minimum atomic E-state index is -0.231. The third kappa shape index (κ3) is 3.90. The number of rotatable bonds is 5. The van der Waals surface area contributed by atoms with Gasteiger partial charge >= 0.3 is 0 Å². The van der Waals surface area contributed by atoms with Crippen molar-refractivity contribution in [2.75, 3.05) is 23.0 Å². The van der Waals surface area contributed by atoms with E-state index < -0.39 is 0 Å². The van der Waals surface area contributed by atoms with Crippen molar-refractivity contribution in [1.29, 1.82) is 0 Å². The van der Waals surface area contributed by atoms with Crippen molar-refractivity contribution < 1.29 is 14.3 Å². The number of hydrogen-bond acceptors (Lipinski definition) is 5. The molecule has 2 aromatic carbocycles. The predicted octanol–water partition coefficient (Wildman–Crippen LogP) is 5.11. The normalized spacial score (nSPS) is 12.8. The Labute approximate surface area is 171 Å². The first-order valence-electron chi connectivity index (χ1n) is 8.84. The van der Waals surface area contributed by atoms with Crippen LogP contribution >= 0.6 is 23.1 Å². The second-order valence-electron chi connectivity index (χ2n) is 6.10. The molecule has 1 aliphatic heterocycles. The van der Waals surface area contributed by atoms with Crippen molar-refractivity contribution in [3.63, 3.8) is 0 Å². The highest BCUT2D eigenvalue weighted by atomic mass is 32.2. The van der Waals surface area contributed by atoms with Gasteiger partial charge in [-0.15, -0.1) is 23.1 Å². The van der Waals surface area contributed by atoms with Crippen LogP contribution in [0, 0.1) is 0 Å². The maximum absolute atomic E-state index is 12.9. The summed E-state index contributed by atoms with van der Waals surface area (Å²) < 4.78 is 5.69. The van der Waals surface area contributed by atoms with Gasteiger partial charge in [-0.25, -0.2) is 0 Å². The van der Waals surface area contributed by atoms with Gasteiger partial charge in [0.1, 0.15) is 10.6 Å². The van der Waals surface area contributed by atoms with Gasteiger partial charge in [0.2, 0.25) is 5.91 Å². The van der Waals surface area contributed by atoms with Crippen molar-refractivity contribution in [3.05, 3.63) is 59.5 Å². The van der Waals surface area contributed by atoms with Crippen LogP contribution < -0.4 is 15.4 Å². The molecule has 5 nitrogen and oxygen atoms in total. The Hall–Kier alpha value is -2.77. The first kappa shape index (κ1) is 18.6. The summed E-state index contributed by atoms with van der Waals surface area (Å²) in [7, 11) is 0. The van der Waals surface area contributed by atoms with E-state index in [0.717, 1.165) is 21.0 Å². The quantitative estimate of drug-likeness (QED) is 0.613. The van der Waals surface area contributed by atoms with E-state index in [1.165, 1.54) is 23.1 Å². The monoisotopic (exact) mass is 410 g/mol. The van der Waals surface area contributed by atoms with Crippen molar-refractivity contribution in [2.24, 2.45) is 0 Å². The van der Waals surface area contributed by atoms with E-state index in [1.54, 1.807) is 6.07 Å². The lowest BCUT2D eigenvalue weighted by molar-refractivity contribution is -0.113. The third-order valence-corrected chi connectivity index (χ3v) is 6.37. The zero-order chi connectivity index (χ0) is 19.5. The van der Waals surface area contributed by atoms with Crippen LogP contribution in [-0.2, 0) is 4.79 Å². The standard InChI is InChI=1S/C21H18N2O3S2/c1-2-26-16-11-18(13-6-4-3-5-7-13)28-20(16)21(25)22-14-8-9-17-15(10-14)23-19(24)12-27-17/h3-11H,2,12H2,1H3,(H,22,25)(H,23,24). The third-order valence-electron chi connectivity index (χ3n) is 4.13. The number of anilines is 2. The van der Waals surface area contributed by atoms with E-state index >= 15 is 0 Å². The van der Waals surface area contributed by atoms with Crippen molar-refractivity contribution >= 4 is 46.3 Å². The first-order valence-corrected chi connectivity index (χ1v) is 10.6. The lowest BCUT2D eigenvalue weighted by atomic mass is 10.2. The molecule has 0 spiro atoms. The molecule has 0 fully saturated rings. The Morgan fingerprint density at radius 1 is 1.18 bits per heavy atom. The first-order chi connectivity index (χ1) is 13.6. The van der Waals surface area contributed by atoms with Gasteiger partial charge in [-0.3, -0.25) is 9.59 Å². The lowest BCUT2D eigenvalue weighted by Gasteiger charge is -2.17. The number of thioether (sulfide) groups is 1. The van der Waals surface area contributed by atoms with Gasteiger partial charge in [0.25, 0.3) is 5.91 Å². The average Bonchev–Trinajstić information content (AvgIpc) is 3.13. The Balaban J connectivity index is 1.60. The van der Waals surface area contributed by atoms with Gasteiger partial charge in [0, 0.05) is 15.5 Å². The Kier molecular flexibility index (Phi) is 5.36. The van der Waals surface area contributed by atoms with Crippen LogP contribution in [0.1, 0.15) is 16.6 Å². The zero-order valence-electron chi connectivity index (χ0n) is 15.2. The van der Waals surface area contributed by atoms with Gasteiger partial charge in [-0.05, 0) is 36.8 Å². The molecule has 1 aliphatic rings. The van der Waals surface area contributed by atoms with Crippen LogP contribution in [-0.4, -0.2) is 24.2 Å². The summed E-state index contributed by atoms with van der Waals surface area (Å²) in [6, 6.07) is 17.3. The summed E-state index contributed by atoms with van der Waals surface area (Å²) in [6.07, 6.45) is 0. The number of ether oxygens (including phenoxy) is 1. The van der Waals surface area contributed by atoms with Crippen molar-refractivity contribution in [1.82, 2.24) is 0 Å². The topological polar surface area (TPSA) is 67.4 Å². The summed E-state index contributed by atoms with van der Waals surface area (Å²) in [6.45, 7) is 2.37. The molecule has 2 N–H and O–H groups in total. The van der Waals surface area contributed by atoms with E-state index in [2.05, 4.69) is 10.6 Å². The fraction of sp³-hybridized carbons (Fsp3) is 0.143. The maximum Gasteiger partial charge on any atom is 0.269 e. The van der Waals surface area contributed by atoms with Crippen molar-refractivity contribution in [3.8, 4) is 16.2 Å². The van der Waals surface area contributed by atoms with Crippen molar-refractivity contribution in [2.45, 2.75) is 11.8 Å². The van der Waals surface area contributed by atoms with E-state index in [9.17, 15) is 9.59 Å². The molecule has 0 radical (unpaired) electrons. The molecular formula is C21H18N2O3S2. The summed E-state index contributed by atoms with van der Waals surface area (Å²) >= 11 is 2.89. The van der Waals surface area contributed by atoms with Gasteiger partial charge in [0.05, 0.1) is 18.0 Å². The number of fused-ring (bicyclic) bond motifs is 1. The highest BCUT2D eigenvalue weighted by molar-refractivity contribution is 8.00. The molecule has 0 saturated carbocycles. The van der Waals surface area contributed by atoms with Crippen LogP contribution in [0.2, 0.25) is 0 Å². The molecule has 142 valence electrons. The number of hydrogen-bond donors (Lipinski definition) is 2. The fourth-order valence-electron chi connectivity index (χ4n) is 2.89. The molecular weight excluding hydrogens is 392 g/mol. The number of carbonyl (C=O) groups is 2. The lowest BCUT2D eigenvalue weighted by Crippen LogP contribution is -2.19. The summed E-state index contributed by atoms with van der Waals surface area (Å²) in [5.41, 5.74) is 2.39. The molecule has 7 heteroatoms. The van der Waals surface area contributed by atoms with Gasteiger partial charge in [0.15, 0.2) is 0 Å². The smallest absolute Gasteiger partial charge is 0.269 e. The molecule has 1 aromatic heterocycles. The molecule has 2 heterocycles. The Bertz CT molecular complexity index is 1030. The van der Waals surface area contributed by atoms with Gasteiger partial charge in [-0.2, -0.15) is 0 Å². The molecule has 0 atom stereocenters. The Morgan fingerprint density at radius 2 is 2.00 bits per heavy atom. The Morgan fingerprint density at radius 3 is 2.79 bits per heavy atom. The molecule has 28 heavy (non-hydrogen) atoms. The molecule has 0 saturated heterocycles. The van der Waals surface area contributed by atoms with Crippen LogP contribution in [0.3, 0.4) is 0 Å². The van der Waals surface area contributed by atoms with Crippen LogP contribution in [0.4, 0.5) is 11.4 Å². The van der Waals surface area contributed by atoms with Gasteiger partial charge < -0.3 is 15.4 Å². The van der Waals surface area contributed by atoms with Crippen LogP contribution in [0.15, 0.2) is 59.5 Å². The average molecular weight is 411 g/mol. The van der Waals surface area contributed by atoms with Gasteiger partial charge in [-0.1, -0.05) is 30.3 Å². The molecule has 2 amide bonds. The molecule has 3 aromatic rings. The van der Waals surface area contributed by atoms with E-state index in [0.29, 0.717) is 28.7 Å². The molecule has 0 aliphatic carbocycles. The number of carbonyl (C=O) groups excluding carboxylic acids is 2. The second-order valence-corrected chi connectivity index (χ2v) is 8.17. The summed E-state index contributed by atoms with van der Waals surface area (Å²) in [5, 5.41) is 5.76. The fourth-order valence-corrected chi connectivity index (χ4v) is 4.68. The maximum atomic E-state index is 12.9. The van der Waals surface area contributed by atoms with E-state index in [4.69, 9.17) is 4.74 Å². The highest BCUT2D eigenvalue weighted by Gasteiger charge is 2.20. The number of amides is 2. The molecule has 4 rings (SSSR count).